The third kappa shape index (κ3) is 4.39. The van der Waals surface area contributed by atoms with Crippen molar-refractivity contribution < 1.29 is 24.5 Å². The molecule has 29 heavy (non-hydrogen) atoms. The monoisotopic (exact) mass is 425 g/mol. The smallest absolute Gasteiger partial charge is 0.288 e. The number of carbonyl (C=O) groups is 1. The summed E-state index contributed by atoms with van der Waals surface area (Å²) >= 11 is 1.60. The predicted octanol–water partition coefficient (Wildman–Crippen LogP) is -1.92. The fraction of sp³-hybridized carbons (Fsp3) is 0.625. The fourth-order valence-corrected chi connectivity index (χ4v) is 4.18. The molecule has 2 aromatic heterocycles. The molecule has 1 amide bonds. The van der Waals surface area contributed by atoms with Crippen molar-refractivity contribution in [1.29, 1.82) is 0 Å². The normalized spacial score (nSPS) is 27.4. The van der Waals surface area contributed by atoms with Gasteiger partial charge >= 0.3 is 0 Å². The minimum Gasteiger partial charge on any atom is -0.387 e. The molecule has 0 bridgehead atoms. The van der Waals surface area contributed by atoms with Gasteiger partial charge in [0.25, 0.3) is 5.91 Å². The minimum atomic E-state index is -1.21. The molecular weight excluding hydrogens is 402 g/mol. The average molecular weight is 425 g/mol. The number of hydrogen-bond acceptors (Lipinski definition) is 11. The van der Waals surface area contributed by atoms with Crippen LogP contribution in [0.25, 0.3) is 0 Å². The average Bonchev–Trinajstić information content (AvgIpc) is 3.45. The Labute approximate surface area is 170 Å². The maximum atomic E-state index is 11.1. The van der Waals surface area contributed by atoms with Crippen LogP contribution in [0, 0.1) is 0 Å². The lowest BCUT2D eigenvalue weighted by Gasteiger charge is -2.25. The number of anilines is 1. The molecule has 2 saturated heterocycles. The van der Waals surface area contributed by atoms with Crippen LogP contribution in [0.15, 0.2) is 12.5 Å². The molecule has 12 nitrogen and oxygen atoms in total. The maximum absolute atomic E-state index is 11.1. The van der Waals surface area contributed by atoms with Crippen molar-refractivity contribution in [3.8, 4) is 0 Å². The number of thiazole rings is 1. The third-order valence-electron chi connectivity index (χ3n) is 4.79. The standard InChI is InChI=1S/C16H23N7O5S/c17-13(26)14-20-8-23(21-14)15-12(25)11(24)10(28-15)7-18-5-9-6-19-16(29-9)22-1-3-27-4-2-22/h6,8,10-12,15,18,24-25H,1-5,7H2,(H2,17,26)/t10-,11-,12-,15-/m1/s1. The molecule has 4 atom stereocenters. The SMILES string of the molecule is NC(=O)c1ncn([C@@H]2O[C@H](CNCc3cnc(N4CCOCC4)s3)[C@@H](O)[C@H]2O)n1. The number of aliphatic hydroxyl groups excluding tert-OH is 2. The van der Waals surface area contributed by atoms with Crippen LogP contribution < -0.4 is 16.0 Å². The van der Waals surface area contributed by atoms with Gasteiger partial charge in [0.05, 0.1) is 13.2 Å². The Kier molecular flexibility index (Phi) is 6.03. The molecule has 2 aliphatic rings. The summed E-state index contributed by atoms with van der Waals surface area (Å²) in [4.78, 5) is 22.6. The van der Waals surface area contributed by atoms with Crippen molar-refractivity contribution in [2.24, 2.45) is 5.73 Å². The summed E-state index contributed by atoms with van der Waals surface area (Å²) in [6.45, 7) is 3.96. The topological polar surface area (TPSA) is 161 Å². The molecule has 2 aliphatic heterocycles. The van der Waals surface area contributed by atoms with Crippen molar-refractivity contribution in [1.82, 2.24) is 25.1 Å². The molecule has 0 spiro atoms. The van der Waals surface area contributed by atoms with Crippen LogP contribution in [-0.2, 0) is 16.0 Å². The summed E-state index contributed by atoms with van der Waals surface area (Å²) in [5.74, 6) is -0.964. The Bertz CT molecular complexity index is 839. The number of amides is 1. The van der Waals surface area contributed by atoms with E-state index in [1.807, 2.05) is 6.20 Å². The van der Waals surface area contributed by atoms with E-state index < -0.39 is 30.4 Å². The first-order chi connectivity index (χ1) is 14.0. The Balaban J connectivity index is 1.29. The summed E-state index contributed by atoms with van der Waals surface area (Å²) < 4.78 is 12.3. The number of carbonyl (C=O) groups excluding carboxylic acids is 1. The van der Waals surface area contributed by atoms with Crippen LogP contribution in [0.1, 0.15) is 21.7 Å². The van der Waals surface area contributed by atoms with Gasteiger partial charge in [0.2, 0.25) is 5.82 Å². The first-order valence-electron chi connectivity index (χ1n) is 9.23. The van der Waals surface area contributed by atoms with E-state index in [2.05, 4.69) is 25.3 Å². The highest BCUT2D eigenvalue weighted by atomic mass is 32.1. The molecule has 4 rings (SSSR count). The summed E-state index contributed by atoms with van der Waals surface area (Å²) in [5.41, 5.74) is 5.13. The van der Waals surface area contributed by atoms with E-state index in [0.29, 0.717) is 26.3 Å². The van der Waals surface area contributed by atoms with Gasteiger partial charge in [-0.3, -0.25) is 4.79 Å². The van der Waals surface area contributed by atoms with E-state index in [-0.39, 0.29) is 5.82 Å². The molecule has 2 fully saturated rings. The van der Waals surface area contributed by atoms with Crippen LogP contribution in [0.3, 0.4) is 0 Å². The summed E-state index contributed by atoms with van der Waals surface area (Å²) in [5, 5.41) is 28.6. The number of nitrogens with two attached hydrogens (primary N) is 1. The van der Waals surface area contributed by atoms with Crippen molar-refractivity contribution in [3.63, 3.8) is 0 Å². The molecule has 0 radical (unpaired) electrons. The van der Waals surface area contributed by atoms with E-state index in [1.54, 1.807) is 11.3 Å². The zero-order valence-corrected chi connectivity index (χ0v) is 16.4. The third-order valence-corrected chi connectivity index (χ3v) is 5.85. The summed E-state index contributed by atoms with van der Waals surface area (Å²) in [6, 6.07) is 0. The Hall–Kier alpha value is -2.16. The van der Waals surface area contributed by atoms with Gasteiger partial charge in [-0.25, -0.2) is 14.6 Å². The van der Waals surface area contributed by atoms with Crippen molar-refractivity contribution in [3.05, 3.63) is 23.2 Å². The predicted molar refractivity (Wildman–Crippen MR) is 101 cm³/mol. The molecule has 0 unspecified atom stereocenters. The van der Waals surface area contributed by atoms with Gasteiger partial charge in [-0.05, 0) is 0 Å². The summed E-state index contributed by atoms with van der Waals surface area (Å²) in [7, 11) is 0. The van der Waals surface area contributed by atoms with Gasteiger partial charge in [0.15, 0.2) is 11.4 Å². The van der Waals surface area contributed by atoms with Gasteiger partial charge in [-0.2, -0.15) is 0 Å². The quantitative estimate of drug-likeness (QED) is 0.393. The van der Waals surface area contributed by atoms with Gasteiger partial charge < -0.3 is 35.6 Å². The van der Waals surface area contributed by atoms with E-state index in [0.717, 1.165) is 23.1 Å². The van der Waals surface area contributed by atoms with Crippen molar-refractivity contribution >= 4 is 22.4 Å². The first kappa shape index (κ1) is 20.1. The molecule has 0 saturated carbocycles. The van der Waals surface area contributed by atoms with Gasteiger partial charge in [-0.1, -0.05) is 0 Å². The van der Waals surface area contributed by atoms with Crippen LogP contribution in [0.2, 0.25) is 0 Å². The molecule has 5 N–H and O–H groups in total. The number of aromatic nitrogens is 4. The number of morpholine rings is 1. The van der Waals surface area contributed by atoms with E-state index in [9.17, 15) is 15.0 Å². The number of hydrogen-bond donors (Lipinski definition) is 4. The second-order valence-corrected chi connectivity index (χ2v) is 7.89. The highest BCUT2D eigenvalue weighted by Crippen LogP contribution is 2.29. The van der Waals surface area contributed by atoms with Crippen molar-refractivity contribution in [2.75, 3.05) is 37.7 Å². The molecule has 2 aromatic rings. The number of aliphatic hydroxyl groups is 2. The number of primary amides is 1. The van der Waals surface area contributed by atoms with Gasteiger partial charge in [-0.15, -0.1) is 16.4 Å². The van der Waals surface area contributed by atoms with Crippen LogP contribution in [-0.4, -0.2) is 87.0 Å². The Morgan fingerprint density at radius 3 is 2.83 bits per heavy atom. The highest BCUT2D eigenvalue weighted by molar-refractivity contribution is 7.15. The van der Waals surface area contributed by atoms with Crippen LogP contribution >= 0.6 is 11.3 Å². The van der Waals surface area contributed by atoms with E-state index in [1.165, 1.54) is 11.0 Å². The minimum absolute atomic E-state index is 0.182. The van der Waals surface area contributed by atoms with Gasteiger partial charge in [0, 0.05) is 37.3 Å². The lowest BCUT2D eigenvalue weighted by Crippen LogP contribution is -2.37. The second kappa shape index (κ2) is 8.69. The highest BCUT2D eigenvalue weighted by Gasteiger charge is 2.44. The number of nitrogens with zero attached hydrogens (tertiary/aromatic N) is 5. The molecule has 158 valence electrons. The van der Waals surface area contributed by atoms with Crippen LogP contribution in [0.4, 0.5) is 5.13 Å². The van der Waals surface area contributed by atoms with Crippen LogP contribution in [0.5, 0.6) is 0 Å². The van der Waals surface area contributed by atoms with E-state index >= 15 is 0 Å². The maximum Gasteiger partial charge on any atom is 0.288 e. The Morgan fingerprint density at radius 2 is 2.10 bits per heavy atom. The van der Waals surface area contributed by atoms with Crippen molar-refractivity contribution in [2.45, 2.75) is 31.1 Å². The zero-order valence-electron chi connectivity index (χ0n) is 15.5. The second-order valence-electron chi connectivity index (χ2n) is 6.80. The number of rotatable bonds is 7. The molecule has 0 aliphatic carbocycles. The number of nitrogens with one attached hydrogen (secondary N) is 1. The molecule has 4 heterocycles. The van der Waals surface area contributed by atoms with Gasteiger partial charge in [0.1, 0.15) is 24.6 Å². The molecule has 13 heteroatoms. The fourth-order valence-electron chi connectivity index (χ4n) is 3.24. The molecule has 0 aromatic carbocycles. The lowest BCUT2D eigenvalue weighted by atomic mass is 10.1. The van der Waals surface area contributed by atoms with E-state index in [4.69, 9.17) is 15.2 Å². The zero-order chi connectivity index (χ0) is 20.4. The largest absolute Gasteiger partial charge is 0.387 e. The Morgan fingerprint density at radius 1 is 1.31 bits per heavy atom. The lowest BCUT2D eigenvalue weighted by molar-refractivity contribution is -0.0439. The number of ether oxygens (including phenoxy) is 2. The summed E-state index contributed by atoms with van der Waals surface area (Å²) in [6.07, 6.45) is -0.857. The molecular formula is C16H23N7O5S. The first-order valence-corrected chi connectivity index (χ1v) is 10.0.